The van der Waals surface area contributed by atoms with Crippen molar-refractivity contribution in [3.8, 4) is 11.1 Å². The molecule has 0 amide bonds. The molecule has 0 aromatic heterocycles. The summed E-state index contributed by atoms with van der Waals surface area (Å²) in [7, 11) is 0. The minimum absolute atomic E-state index is 0.975. The van der Waals surface area contributed by atoms with Gasteiger partial charge in [0.15, 0.2) is 0 Å². The van der Waals surface area contributed by atoms with Crippen molar-refractivity contribution < 1.29 is 0 Å². The first kappa shape index (κ1) is 13.0. The third-order valence-electron chi connectivity index (χ3n) is 3.18. The summed E-state index contributed by atoms with van der Waals surface area (Å²) in [5.74, 6) is 0.975. The lowest BCUT2D eigenvalue weighted by molar-refractivity contribution is 1.38. The van der Waals surface area contributed by atoms with E-state index in [1.807, 2.05) is 30.0 Å². The van der Waals surface area contributed by atoms with Gasteiger partial charge in [0.25, 0.3) is 0 Å². The quantitative estimate of drug-likeness (QED) is 0.571. The van der Waals surface area contributed by atoms with Crippen molar-refractivity contribution in [3.63, 3.8) is 0 Å². The third kappa shape index (κ3) is 3.12. The van der Waals surface area contributed by atoms with Crippen LogP contribution in [-0.4, -0.2) is 0 Å². The standard InChI is InChI=1S/C19H15S/c1-3-9-16(10-4-1)19-14-8-7-11-17(19)15-20-18-12-5-2-6-13-18/h1-5,7-14H,15H2. The highest BCUT2D eigenvalue weighted by atomic mass is 32.2. The average Bonchev–Trinajstić information content (AvgIpc) is 2.55. The largest absolute Gasteiger partial charge is 0.121 e. The maximum Gasteiger partial charge on any atom is 0.0238 e. The molecule has 97 valence electrons. The normalized spacial score (nSPS) is 10.4. The molecule has 0 spiro atoms. The summed E-state index contributed by atoms with van der Waals surface area (Å²) in [5, 5.41) is 0. The summed E-state index contributed by atoms with van der Waals surface area (Å²) in [4.78, 5) is 1.26. The Morgan fingerprint density at radius 1 is 0.800 bits per heavy atom. The van der Waals surface area contributed by atoms with E-state index < -0.39 is 0 Å². The lowest BCUT2D eigenvalue weighted by Crippen LogP contribution is -1.87. The van der Waals surface area contributed by atoms with E-state index in [4.69, 9.17) is 0 Å². The highest BCUT2D eigenvalue weighted by Gasteiger charge is 2.04. The Morgan fingerprint density at radius 3 is 2.40 bits per heavy atom. The van der Waals surface area contributed by atoms with Crippen LogP contribution in [0, 0.1) is 6.07 Å². The van der Waals surface area contributed by atoms with Crippen LogP contribution in [0.1, 0.15) is 5.56 Å². The van der Waals surface area contributed by atoms with Gasteiger partial charge in [0.05, 0.1) is 0 Å². The second-order valence-corrected chi connectivity index (χ2v) is 5.60. The molecular formula is C19H15S. The van der Waals surface area contributed by atoms with Gasteiger partial charge in [-0.15, -0.1) is 11.8 Å². The fourth-order valence-corrected chi connectivity index (χ4v) is 3.07. The van der Waals surface area contributed by atoms with Crippen LogP contribution < -0.4 is 0 Å². The number of hydrogen-bond donors (Lipinski definition) is 0. The third-order valence-corrected chi connectivity index (χ3v) is 4.22. The van der Waals surface area contributed by atoms with Crippen LogP contribution in [0.15, 0.2) is 83.8 Å². The molecule has 0 atom stereocenters. The first-order valence-electron chi connectivity index (χ1n) is 6.66. The molecule has 0 aliphatic rings. The predicted molar refractivity (Wildman–Crippen MR) is 86.7 cm³/mol. The van der Waals surface area contributed by atoms with E-state index in [1.165, 1.54) is 21.6 Å². The lowest BCUT2D eigenvalue weighted by atomic mass is 10.0. The van der Waals surface area contributed by atoms with Gasteiger partial charge in [0.2, 0.25) is 0 Å². The van der Waals surface area contributed by atoms with Gasteiger partial charge >= 0.3 is 0 Å². The Kier molecular flexibility index (Phi) is 4.19. The molecule has 0 aliphatic heterocycles. The van der Waals surface area contributed by atoms with Crippen molar-refractivity contribution in [1.29, 1.82) is 0 Å². The topological polar surface area (TPSA) is 0 Å². The van der Waals surface area contributed by atoms with E-state index >= 15 is 0 Å². The van der Waals surface area contributed by atoms with Crippen LogP contribution in [0.25, 0.3) is 11.1 Å². The Morgan fingerprint density at radius 2 is 1.60 bits per heavy atom. The lowest BCUT2D eigenvalue weighted by Gasteiger charge is -2.09. The Hall–Kier alpha value is -1.99. The summed E-state index contributed by atoms with van der Waals surface area (Å²) in [5.41, 5.74) is 3.97. The van der Waals surface area contributed by atoms with E-state index in [0.29, 0.717) is 0 Å². The second kappa shape index (κ2) is 6.44. The fraction of sp³-hybridized carbons (Fsp3) is 0.0526. The first-order valence-corrected chi connectivity index (χ1v) is 7.64. The maximum atomic E-state index is 3.12. The van der Waals surface area contributed by atoms with Crippen LogP contribution in [0.5, 0.6) is 0 Å². The Balaban J connectivity index is 1.84. The number of rotatable bonds is 4. The van der Waals surface area contributed by atoms with Gasteiger partial charge in [0.1, 0.15) is 0 Å². The van der Waals surface area contributed by atoms with Crippen LogP contribution >= 0.6 is 11.8 Å². The van der Waals surface area contributed by atoms with Crippen molar-refractivity contribution >= 4 is 11.8 Å². The molecule has 0 heterocycles. The van der Waals surface area contributed by atoms with Crippen LogP contribution in [0.2, 0.25) is 0 Å². The van der Waals surface area contributed by atoms with Gasteiger partial charge < -0.3 is 0 Å². The van der Waals surface area contributed by atoms with E-state index in [-0.39, 0.29) is 0 Å². The van der Waals surface area contributed by atoms with Crippen LogP contribution in [-0.2, 0) is 5.75 Å². The molecule has 3 rings (SSSR count). The molecule has 0 N–H and O–H groups in total. The molecule has 3 aromatic rings. The summed E-state index contributed by atoms with van der Waals surface area (Å²) < 4.78 is 0. The first-order chi connectivity index (χ1) is 9.93. The summed E-state index contributed by atoms with van der Waals surface area (Å²) in [6.07, 6.45) is 0. The zero-order valence-corrected chi connectivity index (χ0v) is 11.9. The smallest absolute Gasteiger partial charge is 0.0238 e. The van der Waals surface area contributed by atoms with Crippen LogP contribution in [0.4, 0.5) is 0 Å². The fourth-order valence-electron chi connectivity index (χ4n) is 2.17. The molecule has 0 aliphatic carbocycles. The van der Waals surface area contributed by atoms with Gasteiger partial charge in [-0.3, -0.25) is 0 Å². The maximum absolute atomic E-state index is 3.12. The van der Waals surface area contributed by atoms with E-state index in [9.17, 15) is 0 Å². The Bertz CT molecular complexity index is 660. The molecular weight excluding hydrogens is 260 g/mol. The molecule has 0 saturated heterocycles. The van der Waals surface area contributed by atoms with Crippen molar-refractivity contribution in [3.05, 3.63) is 90.5 Å². The van der Waals surface area contributed by atoms with Crippen molar-refractivity contribution in [2.45, 2.75) is 10.6 Å². The van der Waals surface area contributed by atoms with Crippen molar-refractivity contribution in [2.24, 2.45) is 0 Å². The number of benzene rings is 3. The molecule has 0 unspecified atom stereocenters. The van der Waals surface area contributed by atoms with Gasteiger partial charge in [-0.25, -0.2) is 0 Å². The van der Waals surface area contributed by atoms with Gasteiger partial charge in [-0.05, 0) is 34.9 Å². The average molecular weight is 275 g/mol. The summed E-state index contributed by atoms with van der Waals surface area (Å²) >= 11 is 1.85. The minimum atomic E-state index is 0.975. The van der Waals surface area contributed by atoms with Crippen molar-refractivity contribution in [1.82, 2.24) is 0 Å². The number of hydrogen-bond acceptors (Lipinski definition) is 1. The second-order valence-electron chi connectivity index (χ2n) is 4.55. The van der Waals surface area contributed by atoms with Gasteiger partial charge in [0, 0.05) is 10.6 Å². The zero-order valence-electron chi connectivity index (χ0n) is 11.1. The van der Waals surface area contributed by atoms with E-state index in [0.717, 1.165) is 5.75 Å². The minimum Gasteiger partial charge on any atom is -0.121 e. The SMILES string of the molecule is [c]1cccc(SCc2ccccc2-c2ccccc2)c1. The van der Waals surface area contributed by atoms with Crippen LogP contribution in [0.3, 0.4) is 0 Å². The molecule has 0 nitrogen and oxygen atoms in total. The van der Waals surface area contributed by atoms with E-state index in [2.05, 4.69) is 66.7 Å². The van der Waals surface area contributed by atoms with Gasteiger partial charge in [-0.2, -0.15) is 0 Å². The van der Waals surface area contributed by atoms with E-state index in [1.54, 1.807) is 0 Å². The molecule has 3 aromatic carbocycles. The highest BCUT2D eigenvalue weighted by molar-refractivity contribution is 7.98. The van der Waals surface area contributed by atoms with Crippen molar-refractivity contribution in [2.75, 3.05) is 0 Å². The molecule has 0 bridgehead atoms. The molecule has 1 heteroatoms. The summed E-state index contributed by atoms with van der Waals surface area (Å²) in [6.45, 7) is 0. The monoisotopic (exact) mass is 275 g/mol. The highest BCUT2D eigenvalue weighted by Crippen LogP contribution is 2.29. The van der Waals surface area contributed by atoms with Gasteiger partial charge in [-0.1, -0.05) is 66.7 Å². The number of thioether (sulfide) groups is 1. The predicted octanol–water partition coefficient (Wildman–Crippen LogP) is 5.45. The molecule has 1 radical (unpaired) electrons. The molecule has 0 fully saturated rings. The summed E-state index contributed by atoms with van der Waals surface area (Å²) in [6, 6.07) is 30.4. The Labute approximate surface area is 124 Å². The molecule has 20 heavy (non-hydrogen) atoms. The molecule has 0 saturated carbocycles. The zero-order chi connectivity index (χ0) is 13.6.